The van der Waals surface area contributed by atoms with Gasteiger partial charge >= 0.3 is 5.97 Å². The first-order valence-corrected chi connectivity index (χ1v) is 8.84. The molecule has 1 heterocycles. The number of ether oxygens (including phenoxy) is 1. The van der Waals surface area contributed by atoms with E-state index in [9.17, 15) is 9.90 Å². The van der Waals surface area contributed by atoms with E-state index in [1.54, 1.807) is 17.8 Å². The van der Waals surface area contributed by atoms with E-state index in [-0.39, 0.29) is 29.1 Å². The standard InChI is InChI=1S/C18H24O4S/c1-18(2)22-17(14-9-6-7-10-15(14)19)13(12-23-18)8-4-3-5-11-16(20)21/h3-4,6-7,9-10,13,17,19H,5,8,11-12H2,1-2H3,(H,20,21)/t13-,17+/m0/s1. The summed E-state index contributed by atoms with van der Waals surface area (Å²) in [5, 5.41) is 18.8. The predicted octanol–water partition coefficient (Wildman–Crippen LogP) is 4.36. The second-order valence-corrected chi connectivity index (χ2v) is 7.81. The van der Waals surface area contributed by atoms with Gasteiger partial charge in [0.1, 0.15) is 10.7 Å². The topological polar surface area (TPSA) is 66.8 Å². The number of aromatic hydroxyl groups is 1. The number of thioether (sulfide) groups is 1. The molecule has 1 saturated heterocycles. The zero-order valence-corrected chi connectivity index (χ0v) is 14.4. The van der Waals surface area contributed by atoms with Gasteiger partial charge in [0.15, 0.2) is 0 Å². The number of aliphatic carboxylic acids is 1. The van der Waals surface area contributed by atoms with E-state index in [4.69, 9.17) is 9.84 Å². The minimum Gasteiger partial charge on any atom is -0.508 e. The zero-order valence-electron chi connectivity index (χ0n) is 13.6. The Balaban J connectivity index is 2.07. The molecule has 0 spiro atoms. The molecule has 2 N–H and O–H groups in total. The molecule has 1 aromatic rings. The largest absolute Gasteiger partial charge is 0.508 e. The second-order valence-electron chi connectivity index (χ2n) is 6.21. The van der Waals surface area contributed by atoms with E-state index < -0.39 is 5.97 Å². The molecule has 0 saturated carbocycles. The molecule has 0 unspecified atom stereocenters. The molecule has 2 rings (SSSR count). The van der Waals surface area contributed by atoms with Gasteiger partial charge < -0.3 is 14.9 Å². The molecule has 1 aliphatic heterocycles. The Morgan fingerprint density at radius 3 is 2.83 bits per heavy atom. The Kier molecular flexibility index (Phi) is 6.13. The van der Waals surface area contributed by atoms with Crippen molar-refractivity contribution in [3.63, 3.8) is 0 Å². The molecule has 0 aliphatic carbocycles. The SMILES string of the molecule is CC1(C)O[C@@H](c2ccccc2O)[C@@H](CC=CCCC(=O)O)CS1. The Bertz CT molecular complexity index is 568. The van der Waals surface area contributed by atoms with Crippen molar-refractivity contribution in [1.82, 2.24) is 0 Å². The Labute approximate surface area is 141 Å². The molecule has 0 aromatic heterocycles. The van der Waals surface area contributed by atoms with E-state index in [0.717, 1.165) is 17.7 Å². The molecule has 0 bridgehead atoms. The van der Waals surface area contributed by atoms with Crippen LogP contribution in [-0.2, 0) is 9.53 Å². The van der Waals surface area contributed by atoms with Crippen LogP contribution < -0.4 is 0 Å². The first kappa shape index (κ1) is 17.9. The van der Waals surface area contributed by atoms with Gasteiger partial charge in [-0.2, -0.15) is 0 Å². The maximum absolute atomic E-state index is 10.5. The van der Waals surface area contributed by atoms with Crippen molar-refractivity contribution < 1.29 is 19.7 Å². The Morgan fingerprint density at radius 1 is 1.39 bits per heavy atom. The number of rotatable bonds is 6. The summed E-state index contributed by atoms with van der Waals surface area (Å²) in [6.45, 7) is 4.09. The fraction of sp³-hybridized carbons (Fsp3) is 0.500. The van der Waals surface area contributed by atoms with Gasteiger partial charge in [-0.25, -0.2) is 0 Å². The highest BCUT2D eigenvalue weighted by atomic mass is 32.2. The average molecular weight is 336 g/mol. The van der Waals surface area contributed by atoms with Gasteiger partial charge in [0.25, 0.3) is 0 Å². The van der Waals surface area contributed by atoms with E-state index in [2.05, 4.69) is 0 Å². The van der Waals surface area contributed by atoms with Crippen molar-refractivity contribution in [2.45, 2.75) is 44.1 Å². The first-order chi connectivity index (χ1) is 10.9. The molecule has 2 atom stereocenters. The summed E-state index contributed by atoms with van der Waals surface area (Å²) in [5.41, 5.74) is 0.824. The quantitative estimate of drug-likeness (QED) is 0.756. The number of carboxylic acids is 1. The van der Waals surface area contributed by atoms with Crippen LogP contribution in [0.15, 0.2) is 36.4 Å². The summed E-state index contributed by atoms with van der Waals surface area (Å²) in [6, 6.07) is 7.32. The normalized spacial score (nSPS) is 23.9. The third kappa shape index (κ3) is 5.29. The minimum atomic E-state index is -0.778. The number of benzene rings is 1. The zero-order chi connectivity index (χ0) is 16.9. The fourth-order valence-corrected chi connectivity index (χ4v) is 3.76. The van der Waals surface area contributed by atoms with Gasteiger partial charge in [0.2, 0.25) is 0 Å². The number of hydrogen-bond acceptors (Lipinski definition) is 4. The number of phenols is 1. The van der Waals surface area contributed by atoms with Gasteiger partial charge in [0.05, 0.1) is 6.10 Å². The van der Waals surface area contributed by atoms with Crippen molar-refractivity contribution in [2.75, 3.05) is 5.75 Å². The third-order valence-electron chi connectivity index (χ3n) is 3.86. The predicted molar refractivity (Wildman–Crippen MR) is 92.6 cm³/mol. The highest BCUT2D eigenvalue weighted by Crippen LogP contribution is 2.46. The van der Waals surface area contributed by atoms with Gasteiger partial charge in [-0.15, -0.1) is 11.8 Å². The maximum atomic E-state index is 10.5. The summed E-state index contributed by atoms with van der Waals surface area (Å²) in [5.74, 6) is 0.678. The first-order valence-electron chi connectivity index (χ1n) is 7.85. The highest BCUT2D eigenvalue weighted by molar-refractivity contribution is 8.00. The van der Waals surface area contributed by atoms with Crippen LogP contribution in [-0.4, -0.2) is 26.9 Å². The van der Waals surface area contributed by atoms with Crippen LogP contribution in [0.2, 0.25) is 0 Å². The molecule has 0 amide bonds. The van der Waals surface area contributed by atoms with Crippen molar-refractivity contribution in [3.8, 4) is 5.75 Å². The van der Waals surface area contributed by atoms with Gasteiger partial charge in [0, 0.05) is 23.7 Å². The van der Waals surface area contributed by atoms with Gasteiger partial charge in [-0.05, 0) is 32.8 Å². The number of allylic oxidation sites excluding steroid dienone is 2. The second kappa shape index (κ2) is 7.88. The summed E-state index contributed by atoms with van der Waals surface area (Å²) < 4.78 is 6.22. The minimum absolute atomic E-state index is 0.155. The summed E-state index contributed by atoms with van der Waals surface area (Å²) in [6.07, 6.45) is 5.30. The lowest BCUT2D eigenvalue weighted by Crippen LogP contribution is -2.34. The molecule has 0 radical (unpaired) electrons. The molecule has 4 nitrogen and oxygen atoms in total. The molecule has 5 heteroatoms. The van der Waals surface area contributed by atoms with Crippen LogP contribution in [0.4, 0.5) is 0 Å². The van der Waals surface area contributed by atoms with Crippen molar-refractivity contribution in [1.29, 1.82) is 0 Å². The number of hydrogen-bond donors (Lipinski definition) is 2. The fourth-order valence-electron chi connectivity index (χ4n) is 2.66. The lowest BCUT2D eigenvalue weighted by atomic mass is 9.92. The number of para-hydroxylation sites is 1. The number of carbonyl (C=O) groups is 1. The molecule has 126 valence electrons. The van der Waals surface area contributed by atoms with Crippen LogP contribution >= 0.6 is 11.8 Å². The molecule has 1 fully saturated rings. The van der Waals surface area contributed by atoms with E-state index in [1.807, 2.05) is 44.2 Å². The van der Waals surface area contributed by atoms with Crippen molar-refractivity contribution >= 4 is 17.7 Å². The van der Waals surface area contributed by atoms with Crippen LogP contribution in [0.3, 0.4) is 0 Å². The van der Waals surface area contributed by atoms with E-state index in [0.29, 0.717) is 6.42 Å². The van der Waals surface area contributed by atoms with Crippen LogP contribution in [0.1, 0.15) is 44.8 Å². The number of carboxylic acid groups (broad SMARTS) is 1. The number of phenolic OH excluding ortho intramolecular Hbond substituents is 1. The Morgan fingerprint density at radius 2 is 2.13 bits per heavy atom. The summed E-state index contributed by atoms with van der Waals surface area (Å²) in [7, 11) is 0. The molecular formula is C18H24O4S. The summed E-state index contributed by atoms with van der Waals surface area (Å²) in [4.78, 5) is 10.2. The Hall–Kier alpha value is -1.46. The van der Waals surface area contributed by atoms with Gasteiger partial charge in [-0.1, -0.05) is 30.4 Å². The maximum Gasteiger partial charge on any atom is 0.303 e. The van der Waals surface area contributed by atoms with E-state index >= 15 is 0 Å². The van der Waals surface area contributed by atoms with Crippen LogP contribution in [0, 0.1) is 5.92 Å². The molecule has 1 aromatic carbocycles. The van der Waals surface area contributed by atoms with Crippen LogP contribution in [0.5, 0.6) is 5.75 Å². The van der Waals surface area contributed by atoms with Gasteiger partial charge in [-0.3, -0.25) is 4.79 Å². The molecular weight excluding hydrogens is 312 g/mol. The lowest BCUT2D eigenvalue weighted by Gasteiger charge is -2.41. The average Bonchev–Trinajstić information content (AvgIpc) is 2.48. The lowest BCUT2D eigenvalue weighted by molar-refractivity contribution is -0.136. The van der Waals surface area contributed by atoms with Crippen molar-refractivity contribution in [2.24, 2.45) is 5.92 Å². The van der Waals surface area contributed by atoms with E-state index in [1.165, 1.54) is 0 Å². The third-order valence-corrected chi connectivity index (χ3v) is 5.24. The molecule has 23 heavy (non-hydrogen) atoms. The molecule has 1 aliphatic rings. The smallest absolute Gasteiger partial charge is 0.303 e. The van der Waals surface area contributed by atoms with Crippen LogP contribution in [0.25, 0.3) is 0 Å². The van der Waals surface area contributed by atoms with Crippen molar-refractivity contribution in [3.05, 3.63) is 42.0 Å². The summed E-state index contributed by atoms with van der Waals surface area (Å²) >= 11 is 1.77. The monoisotopic (exact) mass is 336 g/mol. The highest BCUT2D eigenvalue weighted by Gasteiger charge is 2.37.